The molecule has 0 aliphatic rings. The van der Waals surface area contributed by atoms with Gasteiger partial charge in [0.1, 0.15) is 22.3 Å². The third kappa shape index (κ3) is 4.12. The van der Waals surface area contributed by atoms with Gasteiger partial charge in [-0.3, -0.25) is 0 Å². The second-order valence-corrected chi connectivity index (χ2v) is 13.2. The van der Waals surface area contributed by atoms with E-state index in [1.54, 1.807) is 0 Å². The van der Waals surface area contributed by atoms with Crippen LogP contribution < -0.4 is 0 Å². The van der Waals surface area contributed by atoms with Crippen LogP contribution >= 0.6 is 0 Å². The molecule has 0 N–H and O–H groups in total. The number of hydrogen-bond acceptors (Lipinski definition) is 2. The summed E-state index contributed by atoms with van der Waals surface area (Å²) in [5, 5.41) is 11.4. The number of furan rings is 1. The highest BCUT2D eigenvalue weighted by molar-refractivity contribution is 6.29. The third-order valence-corrected chi connectivity index (χ3v) is 10.4. The van der Waals surface area contributed by atoms with E-state index in [1.165, 1.54) is 21.5 Å². The predicted molar refractivity (Wildman–Crippen MR) is 213 cm³/mol. The van der Waals surface area contributed by atoms with Gasteiger partial charge in [0.15, 0.2) is 0 Å². The average Bonchev–Trinajstić information content (AvgIpc) is 3.75. The molecule has 0 saturated carbocycles. The lowest BCUT2D eigenvalue weighted by Gasteiger charge is -2.12. The fourth-order valence-corrected chi connectivity index (χ4v) is 8.20. The molecule has 0 amide bonds. The van der Waals surface area contributed by atoms with E-state index in [9.17, 15) is 0 Å². The van der Waals surface area contributed by atoms with Gasteiger partial charge in [-0.05, 0) is 58.1 Å². The van der Waals surface area contributed by atoms with Gasteiger partial charge in [0, 0.05) is 49.0 Å². The molecule has 0 aliphatic carbocycles. The van der Waals surface area contributed by atoms with Gasteiger partial charge in [-0.2, -0.15) is 0 Å². The summed E-state index contributed by atoms with van der Waals surface area (Å²) < 4.78 is 15.7. The normalized spacial score (nSPS) is 11.9. The molecule has 8 aromatic carbocycles. The van der Waals surface area contributed by atoms with Gasteiger partial charge >= 0.3 is 0 Å². The predicted octanol–water partition coefficient (Wildman–Crippen LogP) is 13.7. The van der Waals surface area contributed by atoms with Gasteiger partial charge in [0.2, 0.25) is 0 Å². The molecule has 238 valence electrons. The van der Waals surface area contributed by atoms with Crippen molar-refractivity contribution in [2.75, 3.05) is 0 Å². The van der Waals surface area contributed by atoms with Crippen LogP contribution in [0.1, 0.15) is 0 Å². The van der Waals surface area contributed by atoms with E-state index in [2.05, 4.69) is 162 Å². The Morgan fingerprint density at radius 2 is 0.863 bits per heavy atom. The van der Waals surface area contributed by atoms with Crippen molar-refractivity contribution in [2.45, 2.75) is 0 Å². The van der Waals surface area contributed by atoms with E-state index in [4.69, 9.17) is 8.83 Å². The van der Waals surface area contributed by atoms with Gasteiger partial charge in [0.05, 0.1) is 11.0 Å². The topological polar surface area (TPSA) is 31.2 Å². The SMILES string of the molecule is c1ccc2c(c1)oc1c(-c3ccc(-n4c5ccccc5c5ccc6c7ccccc7c7ccccc7oc7ccccc7c6c54)cc3)cccc12. The number of nitrogens with zero attached hydrogens (tertiary/aromatic N) is 1. The summed E-state index contributed by atoms with van der Waals surface area (Å²) >= 11 is 0. The Kier molecular flexibility index (Phi) is 5.96. The Morgan fingerprint density at radius 1 is 0.333 bits per heavy atom. The van der Waals surface area contributed by atoms with Crippen LogP contribution in [0, 0.1) is 0 Å². The van der Waals surface area contributed by atoms with Crippen molar-refractivity contribution in [2.24, 2.45) is 0 Å². The van der Waals surface area contributed by atoms with Gasteiger partial charge in [-0.25, -0.2) is 0 Å². The first-order valence-electron chi connectivity index (χ1n) is 17.4. The van der Waals surface area contributed by atoms with Gasteiger partial charge < -0.3 is 13.4 Å². The Labute approximate surface area is 292 Å². The quantitative estimate of drug-likeness (QED) is 0.186. The highest BCUT2D eigenvalue weighted by Gasteiger charge is 2.18. The molecule has 11 rings (SSSR count). The van der Waals surface area contributed by atoms with Crippen molar-refractivity contribution >= 4 is 87.2 Å². The molecule has 3 aromatic heterocycles. The zero-order valence-corrected chi connectivity index (χ0v) is 27.5. The molecule has 51 heavy (non-hydrogen) atoms. The van der Waals surface area contributed by atoms with E-state index in [0.717, 1.165) is 82.5 Å². The van der Waals surface area contributed by atoms with Gasteiger partial charge in [0.25, 0.3) is 0 Å². The van der Waals surface area contributed by atoms with Crippen molar-refractivity contribution in [3.8, 4) is 16.8 Å². The second kappa shape index (κ2) is 10.8. The van der Waals surface area contributed by atoms with Crippen molar-refractivity contribution in [3.63, 3.8) is 0 Å². The lowest BCUT2D eigenvalue weighted by Crippen LogP contribution is -1.95. The molecule has 0 unspecified atom stereocenters. The largest absolute Gasteiger partial charge is 0.456 e. The summed E-state index contributed by atoms with van der Waals surface area (Å²) in [5.41, 5.74) is 9.09. The van der Waals surface area contributed by atoms with Crippen molar-refractivity contribution in [3.05, 3.63) is 176 Å². The first-order chi connectivity index (χ1) is 25.3. The van der Waals surface area contributed by atoms with Crippen LogP contribution in [0.25, 0.3) is 104 Å². The monoisotopic (exact) mass is 651 g/mol. The molecule has 3 heterocycles. The van der Waals surface area contributed by atoms with E-state index >= 15 is 0 Å². The molecular weight excluding hydrogens is 623 g/mol. The van der Waals surface area contributed by atoms with E-state index in [0.29, 0.717) is 0 Å². The van der Waals surface area contributed by atoms with Crippen LogP contribution in [-0.4, -0.2) is 4.57 Å². The minimum Gasteiger partial charge on any atom is -0.456 e. The molecule has 0 fully saturated rings. The third-order valence-electron chi connectivity index (χ3n) is 10.4. The number of rotatable bonds is 2. The molecule has 0 aliphatic heterocycles. The first kappa shape index (κ1) is 28.0. The zero-order chi connectivity index (χ0) is 33.5. The summed E-state index contributed by atoms with van der Waals surface area (Å²) in [4.78, 5) is 0. The lowest BCUT2D eigenvalue weighted by atomic mass is 9.99. The van der Waals surface area contributed by atoms with Crippen molar-refractivity contribution in [1.82, 2.24) is 4.57 Å². The van der Waals surface area contributed by atoms with E-state index < -0.39 is 0 Å². The van der Waals surface area contributed by atoms with Gasteiger partial charge in [-0.1, -0.05) is 140 Å². The summed E-state index contributed by atoms with van der Waals surface area (Å²) in [5.74, 6) is 0. The molecule has 3 heteroatoms. The van der Waals surface area contributed by atoms with Crippen LogP contribution in [0.15, 0.2) is 185 Å². The molecule has 0 atom stereocenters. The fraction of sp³-hybridized carbons (Fsp3) is 0. The van der Waals surface area contributed by atoms with Crippen LogP contribution in [0.3, 0.4) is 0 Å². The van der Waals surface area contributed by atoms with Crippen LogP contribution in [0.5, 0.6) is 0 Å². The maximum atomic E-state index is 6.85. The Morgan fingerprint density at radius 3 is 1.61 bits per heavy atom. The number of benzene rings is 8. The van der Waals surface area contributed by atoms with Crippen LogP contribution in [-0.2, 0) is 0 Å². The number of aromatic nitrogens is 1. The summed E-state index contributed by atoms with van der Waals surface area (Å²) in [6, 6.07) is 62.4. The maximum Gasteiger partial charge on any atom is 0.143 e. The maximum absolute atomic E-state index is 6.85. The zero-order valence-electron chi connectivity index (χ0n) is 27.5. The van der Waals surface area contributed by atoms with Crippen LogP contribution in [0.4, 0.5) is 0 Å². The summed E-state index contributed by atoms with van der Waals surface area (Å²) in [6.45, 7) is 0. The lowest BCUT2D eigenvalue weighted by molar-refractivity contribution is 0.663. The highest BCUT2D eigenvalue weighted by atomic mass is 16.3. The first-order valence-corrected chi connectivity index (χ1v) is 17.4. The van der Waals surface area contributed by atoms with Crippen molar-refractivity contribution in [1.29, 1.82) is 0 Å². The molecule has 0 saturated heterocycles. The summed E-state index contributed by atoms with van der Waals surface area (Å²) in [6.07, 6.45) is 0. The van der Waals surface area contributed by atoms with Crippen molar-refractivity contribution < 1.29 is 8.83 Å². The number of hydrogen-bond donors (Lipinski definition) is 0. The molecule has 0 bridgehead atoms. The van der Waals surface area contributed by atoms with Crippen LogP contribution in [0.2, 0.25) is 0 Å². The Hall–Kier alpha value is -6.84. The standard InChI is InChI=1S/C48H29NO2/c1-2-13-34-33(12-1)36-15-4-8-21-43(36)50-45-23-10-6-17-41(45)46-38(34)28-29-39-35-14-3-7-20-42(35)49(47(39)46)31-26-24-30(25-27-31)32-18-11-19-40-37-16-5-9-22-44(37)51-48(32)40/h1-29H. The minimum atomic E-state index is 0.831. The Balaban J connectivity index is 1.27. The number of fused-ring (bicyclic) bond motifs is 14. The molecule has 0 radical (unpaired) electrons. The van der Waals surface area contributed by atoms with E-state index in [-0.39, 0.29) is 0 Å². The average molecular weight is 652 g/mol. The fourth-order valence-electron chi connectivity index (χ4n) is 8.20. The minimum absolute atomic E-state index is 0.831. The molecule has 3 nitrogen and oxygen atoms in total. The molecular formula is C48H29NO2. The molecule has 0 spiro atoms. The number of para-hydroxylation sites is 5. The van der Waals surface area contributed by atoms with E-state index in [1.807, 2.05) is 18.2 Å². The molecule has 11 aromatic rings. The summed E-state index contributed by atoms with van der Waals surface area (Å²) in [7, 11) is 0. The van der Waals surface area contributed by atoms with Gasteiger partial charge in [-0.15, -0.1) is 0 Å². The highest BCUT2D eigenvalue weighted by Crippen LogP contribution is 2.42. The smallest absolute Gasteiger partial charge is 0.143 e. The Bertz CT molecular complexity index is 3250. The second-order valence-electron chi connectivity index (χ2n) is 13.2.